The van der Waals surface area contributed by atoms with E-state index in [0.29, 0.717) is 0 Å². The second-order valence-electron chi connectivity index (χ2n) is 15.3. The Bertz CT molecular complexity index is 2630. The highest BCUT2D eigenvalue weighted by atomic mass is 14.5. The van der Waals surface area contributed by atoms with Gasteiger partial charge in [-0.2, -0.15) is 0 Å². The molecule has 2 aliphatic carbocycles. The van der Waals surface area contributed by atoms with E-state index in [1.165, 1.54) is 99.4 Å². The van der Waals surface area contributed by atoms with E-state index >= 15 is 0 Å². The summed E-state index contributed by atoms with van der Waals surface area (Å²) >= 11 is 0. The van der Waals surface area contributed by atoms with E-state index in [0.717, 1.165) is 0 Å². The van der Waals surface area contributed by atoms with Crippen molar-refractivity contribution in [2.24, 2.45) is 0 Å². The van der Waals surface area contributed by atoms with Gasteiger partial charge in [0, 0.05) is 10.8 Å². The first-order chi connectivity index (χ1) is 24.3. The Kier molecular flexibility index (Phi) is 6.07. The van der Waals surface area contributed by atoms with Crippen molar-refractivity contribution in [2.45, 2.75) is 38.5 Å². The molecule has 0 aliphatic heterocycles. The monoisotopic (exact) mass is 638 g/mol. The number of rotatable bonds is 3. The molecule has 0 saturated carbocycles. The maximum absolute atomic E-state index is 2.48. The van der Waals surface area contributed by atoms with E-state index in [1.54, 1.807) is 0 Å². The Hall–Kier alpha value is -5.72. The van der Waals surface area contributed by atoms with Gasteiger partial charge in [0.25, 0.3) is 0 Å². The molecular formula is C50H38. The molecule has 10 rings (SSSR count). The van der Waals surface area contributed by atoms with Crippen LogP contribution in [0.3, 0.4) is 0 Å². The number of hydrogen-bond acceptors (Lipinski definition) is 0. The average Bonchev–Trinajstić information content (AvgIpc) is 3.53. The molecule has 0 nitrogen and oxygen atoms in total. The molecule has 0 bridgehead atoms. The summed E-state index contributed by atoms with van der Waals surface area (Å²) < 4.78 is 0. The molecule has 8 aromatic rings. The van der Waals surface area contributed by atoms with Crippen molar-refractivity contribution in [2.75, 3.05) is 0 Å². The van der Waals surface area contributed by atoms with Crippen molar-refractivity contribution in [3.8, 4) is 55.6 Å². The molecule has 0 unspecified atom stereocenters. The Morgan fingerprint density at radius 2 is 0.840 bits per heavy atom. The minimum Gasteiger partial charge on any atom is -0.0622 e. The van der Waals surface area contributed by atoms with Gasteiger partial charge in [-0.3, -0.25) is 0 Å². The zero-order valence-corrected chi connectivity index (χ0v) is 29.0. The maximum Gasteiger partial charge on any atom is 0.0165 e. The Balaban J connectivity index is 1.15. The molecule has 0 atom stereocenters. The average molecular weight is 639 g/mol. The van der Waals surface area contributed by atoms with Crippen molar-refractivity contribution in [3.63, 3.8) is 0 Å². The Morgan fingerprint density at radius 3 is 1.54 bits per heavy atom. The van der Waals surface area contributed by atoms with Gasteiger partial charge >= 0.3 is 0 Å². The van der Waals surface area contributed by atoms with Gasteiger partial charge in [0.05, 0.1) is 0 Å². The lowest BCUT2D eigenvalue weighted by Crippen LogP contribution is -2.18. The number of benzene rings is 8. The van der Waals surface area contributed by atoms with E-state index in [9.17, 15) is 0 Å². The van der Waals surface area contributed by atoms with Crippen molar-refractivity contribution in [1.82, 2.24) is 0 Å². The van der Waals surface area contributed by atoms with Gasteiger partial charge in [-0.05, 0) is 112 Å². The molecular weight excluding hydrogens is 601 g/mol. The van der Waals surface area contributed by atoms with Crippen LogP contribution in [0.15, 0.2) is 158 Å². The fraction of sp³-hybridized carbons (Fsp3) is 0.120. The Morgan fingerprint density at radius 1 is 0.300 bits per heavy atom. The number of fused-ring (bicyclic) bond motifs is 9. The fourth-order valence-electron chi connectivity index (χ4n) is 9.49. The van der Waals surface area contributed by atoms with E-state index < -0.39 is 0 Å². The molecule has 0 N–H and O–H groups in total. The van der Waals surface area contributed by atoms with Crippen LogP contribution in [0.25, 0.3) is 77.2 Å². The van der Waals surface area contributed by atoms with E-state index in [4.69, 9.17) is 0 Å². The SMILES string of the molecule is CC1(C)c2cc(-c3cccc(-c4c5ccccc5c(-c5ccccc5)c5ccccc45)c3)ccc2-c2c1ccc1c2C(C)(C)c2ccccc2-1. The molecule has 0 heterocycles. The molecule has 238 valence electrons. The van der Waals surface area contributed by atoms with Gasteiger partial charge in [0.15, 0.2) is 0 Å². The zero-order valence-electron chi connectivity index (χ0n) is 29.0. The summed E-state index contributed by atoms with van der Waals surface area (Å²) in [4.78, 5) is 0. The molecule has 0 amide bonds. The predicted molar refractivity (Wildman–Crippen MR) is 213 cm³/mol. The highest BCUT2D eigenvalue weighted by Crippen LogP contribution is 2.59. The highest BCUT2D eigenvalue weighted by Gasteiger charge is 2.44. The summed E-state index contributed by atoms with van der Waals surface area (Å²) in [5.41, 5.74) is 18.8. The summed E-state index contributed by atoms with van der Waals surface area (Å²) in [6.07, 6.45) is 0. The molecule has 8 aromatic carbocycles. The second-order valence-corrected chi connectivity index (χ2v) is 15.3. The third kappa shape index (κ3) is 3.94. The van der Waals surface area contributed by atoms with Gasteiger partial charge in [0.1, 0.15) is 0 Å². The van der Waals surface area contributed by atoms with E-state index in [1.807, 2.05) is 0 Å². The van der Waals surface area contributed by atoms with Crippen LogP contribution in [-0.4, -0.2) is 0 Å². The van der Waals surface area contributed by atoms with Crippen LogP contribution in [-0.2, 0) is 10.8 Å². The normalized spacial score (nSPS) is 14.7. The van der Waals surface area contributed by atoms with Crippen LogP contribution in [0, 0.1) is 0 Å². The third-order valence-electron chi connectivity index (χ3n) is 11.8. The second kappa shape index (κ2) is 10.4. The molecule has 0 aromatic heterocycles. The van der Waals surface area contributed by atoms with Crippen molar-refractivity contribution in [1.29, 1.82) is 0 Å². The lowest BCUT2D eigenvalue weighted by Gasteiger charge is -2.26. The van der Waals surface area contributed by atoms with Gasteiger partial charge in [-0.1, -0.05) is 173 Å². The van der Waals surface area contributed by atoms with Crippen LogP contribution < -0.4 is 0 Å². The summed E-state index contributed by atoms with van der Waals surface area (Å²) in [6, 6.07) is 58.9. The summed E-state index contributed by atoms with van der Waals surface area (Å²) in [5.74, 6) is 0. The van der Waals surface area contributed by atoms with Gasteiger partial charge in [-0.15, -0.1) is 0 Å². The van der Waals surface area contributed by atoms with Gasteiger partial charge in [-0.25, -0.2) is 0 Å². The van der Waals surface area contributed by atoms with Crippen LogP contribution >= 0.6 is 0 Å². The van der Waals surface area contributed by atoms with Crippen LogP contribution in [0.1, 0.15) is 49.9 Å². The van der Waals surface area contributed by atoms with Crippen molar-refractivity contribution >= 4 is 21.5 Å². The summed E-state index contributed by atoms with van der Waals surface area (Å²) in [6.45, 7) is 9.63. The van der Waals surface area contributed by atoms with Crippen LogP contribution in [0.2, 0.25) is 0 Å². The summed E-state index contributed by atoms with van der Waals surface area (Å²) in [7, 11) is 0. The minimum atomic E-state index is -0.0994. The summed E-state index contributed by atoms with van der Waals surface area (Å²) in [5, 5.41) is 5.13. The Labute approximate surface area is 294 Å². The highest BCUT2D eigenvalue weighted by molar-refractivity contribution is 6.21. The molecule has 0 fully saturated rings. The minimum absolute atomic E-state index is 0.0520. The van der Waals surface area contributed by atoms with E-state index in [-0.39, 0.29) is 10.8 Å². The van der Waals surface area contributed by atoms with Crippen molar-refractivity contribution in [3.05, 3.63) is 180 Å². The lowest BCUT2D eigenvalue weighted by molar-refractivity contribution is 0.647. The first-order valence-corrected chi connectivity index (χ1v) is 17.9. The van der Waals surface area contributed by atoms with Crippen LogP contribution in [0.5, 0.6) is 0 Å². The smallest absolute Gasteiger partial charge is 0.0165 e. The lowest BCUT2D eigenvalue weighted by atomic mass is 9.77. The van der Waals surface area contributed by atoms with E-state index in [2.05, 4.69) is 185 Å². The van der Waals surface area contributed by atoms with Crippen LogP contribution in [0.4, 0.5) is 0 Å². The zero-order chi connectivity index (χ0) is 33.8. The van der Waals surface area contributed by atoms with Gasteiger partial charge < -0.3 is 0 Å². The standard InChI is InChI=1S/C50H38/c1-49(2)43-28-27-40-35-19-12-13-24-42(35)50(3,4)48(40)47(43)41-26-25-33(30-44(41)49)32-17-14-18-34(29-32)46-38-22-10-8-20-36(38)45(31-15-6-5-7-16-31)37-21-9-11-23-39(37)46/h5-30H,1-4H3. The predicted octanol–water partition coefficient (Wildman–Crippen LogP) is 13.6. The molecule has 0 spiro atoms. The largest absolute Gasteiger partial charge is 0.0622 e. The quantitative estimate of drug-likeness (QED) is 0.169. The molecule has 2 aliphatic rings. The molecule has 0 heteroatoms. The molecule has 50 heavy (non-hydrogen) atoms. The fourth-order valence-corrected chi connectivity index (χ4v) is 9.49. The molecule has 0 radical (unpaired) electrons. The first kappa shape index (κ1) is 29.2. The van der Waals surface area contributed by atoms with Gasteiger partial charge in [0.2, 0.25) is 0 Å². The topological polar surface area (TPSA) is 0 Å². The molecule has 0 saturated heterocycles. The number of hydrogen-bond donors (Lipinski definition) is 0. The van der Waals surface area contributed by atoms with Crippen molar-refractivity contribution < 1.29 is 0 Å². The third-order valence-corrected chi connectivity index (χ3v) is 11.8. The maximum atomic E-state index is 2.48. The first-order valence-electron chi connectivity index (χ1n) is 17.9.